The summed E-state index contributed by atoms with van der Waals surface area (Å²) in [6, 6.07) is 6.36. The third kappa shape index (κ3) is 4.09. The molecule has 110 valence electrons. The van der Waals surface area contributed by atoms with Gasteiger partial charge in [-0.3, -0.25) is 9.78 Å². The van der Waals surface area contributed by atoms with E-state index in [2.05, 4.69) is 15.3 Å². The molecule has 0 aliphatic heterocycles. The van der Waals surface area contributed by atoms with Crippen LogP contribution in [0.3, 0.4) is 0 Å². The van der Waals surface area contributed by atoms with Crippen LogP contribution in [0.4, 0.5) is 0 Å². The Morgan fingerprint density at radius 3 is 2.33 bits per heavy atom. The van der Waals surface area contributed by atoms with Gasteiger partial charge in [0, 0.05) is 19.0 Å². The van der Waals surface area contributed by atoms with Crippen molar-refractivity contribution >= 4 is 15.7 Å². The Bertz CT molecular complexity index is 738. The largest absolute Gasteiger partial charge is 0.347 e. The molecule has 7 heteroatoms. The van der Waals surface area contributed by atoms with E-state index in [1.807, 2.05) is 0 Å². The maximum absolute atomic E-state index is 11.8. The lowest BCUT2D eigenvalue weighted by Crippen LogP contribution is -2.24. The fourth-order valence-corrected chi connectivity index (χ4v) is 2.27. The zero-order valence-corrected chi connectivity index (χ0v) is 12.5. The van der Waals surface area contributed by atoms with Crippen molar-refractivity contribution in [3.05, 3.63) is 53.6 Å². The van der Waals surface area contributed by atoms with E-state index in [0.29, 0.717) is 6.54 Å². The van der Waals surface area contributed by atoms with Crippen LogP contribution in [0.5, 0.6) is 0 Å². The molecule has 0 atom stereocenters. The number of aromatic nitrogens is 2. The van der Waals surface area contributed by atoms with Gasteiger partial charge in [-0.15, -0.1) is 0 Å². The van der Waals surface area contributed by atoms with Crippen LogP contribution in [0.1, 0.15) is 21.7 Å². The average Bonchev–Trinajstić information content (AvgIpc) is 2.45. The number of hydrogen-bond acceptors (Lipinski definition) is 5. The lowest BCUT2D eigenvalue weighted by Gasteiger charge is -2.05. The lowest BCUT2D eigenvalue weighted by molar-refractivity contribution is 0.0945. The molecule has 1 amide bonds. The molecule has 1 aromatic heterocycles. The van der Waals surface area contributed by atoms with E-state index in [1.54, 1.807) is 19.1 Å². The summed E-state index contributed by atoms with van der Waals surface area (Å²) in [6.07, 6.45) is 4.09. The maximum Gasteiger partial charge on any atom is 0.271 e. The quantitative estimate of drug-likeness (QED) is 0.914. The summed E-state index contributed by atoms with van der Waals surface area (Å²) < 4.78 is 22.7. The van der Waals surface area contributed by atoms with Gasteiger partial charge >= 0.3 is 0 Å². The molecule has 0 aliphatic carbocycles. The Labute approximate surface area is 123 Å². The van der Waals surface area contributed by atoms with Crippen LogP contribution in [0, 0.1) is 6.92 Å². The number of benzene rings is 1. The highest BCUT2D eigenvalue weighted by atomic mass is 32.2. The van der Waals surface area contributed by atoms with Gasteiger partial charge < -0.3 is 5.32 Å². The molecule has 2 aromatic rings. The Morgan fingerprint density at radius 2 is 1.81 bits per heavy atom. The number of nitrogens with zero attached hydrogens (tertiary/aromatic N) is 2. The first-order valence-electron chi connectivity index (χ1n) is 6.22. The van der Waals surface area contributed by atoms with Gasteiger partial charge in [0.15, 0.2) is 9.84 Å². The van der Waals surface area contributed by atoms with Crippen LogP contribution in [0.2, 0.25) is 0 Å². The van der Waals surface area contributed by atoms with Crippen LogP contribution in [0.25, 0.3) is 0 Å². The minimum atomic E-state index is -3.20. The Balaban J connectivity index is 2.00. The van der Waals surface area contributed by atoms with E-state index < -0.39 is 9.84 Å². The molecule has 0 saturated carbocycles. The molecule has 6 nitrogen and oxygen atoms in total. The first-order chi connectivity index (χ1) is 9.86. The van der Waals surface area contributed by atoms with E-state index in [-0.39, 0.29) is 16.5 Å². The van der Waals surface area contributed by atoms with Crippen LogP contribution in [0.15, 0.2) is 41.6 Å². The number of sulfone groups is 1. The van der Waals surface area contributed by atoms with Crippen molar-refractivity contribution in [2.75, 3.05) is 6.26 Å². The monoisotopic (exact) mass is 305 g/mol. The predicted octanol–water partition coefficient (Wildman–Crippen LogP) is 1.12. The highest BCUT2D eigenvalue weighted by Crippen LogP contribution is 2.10. The van der Waals surface area contributed by atoms with Crippen molar-refractivity contribution in [2.24, 2.45) is 0 Å². The predicted molar refractivity (Wildman–Crippen MR) is 77.5 cm³/mol. The summed E-state index contributed by atoms with van der Waals surface area (Å²) in [7, 11) is -3.20. The zero-order valence-electron chi connectivity index (χ0n) is 11.7. The summed E-state index contributed by atoms with van der Waals surface area (Å²) >= 11 is 0. The Hall–Kier alpha value is -2.28. The molecule has 21 heavy (non-hydrogen) atoms. The summed E-state index contributed by atoms with van der Waals surface area (Å²) in [5.74, 6) is -0.324. The van der Waals surface area contributed by atoms with Crippen LogP contribution >= 0.6 is 0 Å². The van der Waals surface area contributed by atoms with Crippen molar-refractivity contribution in [3.63, 3.8) is 0 Å². The van der Waals surface area contributed by atoms with Crippen molar-refractivity contribution < 1.29 is 13.2 Å². The maximum atomic E-state index is 11.8. The molecule has 0 radical (unpaired) electrons. The molecule has 1 N–H and O–H groups in total. The highest BCUT2D eigenvalue weighted by Gasteiger charge is 2.08. The highest BCUT2D eigenvalue weighted by molar-refractivity contribution is 7.90. The first kappa shape index (κ1) is 15.1. The third-order valence-electron chi connectivity index (χ3n) is 2.82. The summed E-state index contributed by atoms with van der Waals surface area (Å²) in [5.41, 5.74) is 1.78. The lowest BCUT2D eigenvalue weighted by atomic mass is 10.2. The number of carbonyl (C=O) groups excluding carboxylic acids is 1. The number of aryl methyl sites for hydroxylation is 1. The molecule has 0 aliphatic rings. The molecule has 0 saturated heterocycles. The number of rotatable bonds is 4. The van der Waals surface area contributed by atoms with Crippen LogP contribution in [-0.2, 0) is 16.4 Å². The van der Waals surface area contributed by atoms with Gasteiger partial charge in [0.25, 0.3) is 5.91 Å². The Morgan fingerprint density at radius 1 is 1.14 bits per heavy atom. The van der Waals surface area contributed by atoms with Gasteiger partial charge in [-0.1, -0.05) is 12.1 Å². The van der Waals surface area contributed by atoms with E-state index in [1.165, 1.54) is 24.5 Å². The SMILES string of the molecule is Cc1cnc(C(=O)NCc2ccc(S(C)(=O)=O)cc2)cn1. The number of amides is 1. The Kier molecular flexibility index (Phi) is 4.32. The van der Waals surface area contributed by atoms with Crippen molar-refractivity contribution in [1.82, 2.24) is 15.3 Å². The third-order valence-corrected chi connectivity index (χ3v) is 3.95. The average molecular weight is 305 g/mol. The van der Waals surface area contributed by atoms with Gasteiger partial charge in [0.1, 0.15) is 5.69 Å². The minimum Gasteiger partial charge on any atom is -0.347 e. The fraction of sp³-hybridized carbons (Fsp3) is 0.214. The van der Waals surface area contributed by atoms with Crippen molar-refractivity contribution in [3.8, 4) is 0 Å². The number of carbonyl (C=O) groups is 1. The molecular weight excluding hydrogens is 290 g/mol. The summed E-state index contributed by atoms with van der Waals surface area (Å²) in [5, 5.41) is 2.70. The van der Waals surface area contributed by atoms with E-state index in [9.17, 15) is 13.2 Å². The van der Waals surface area contributed by atoms with Gasteiger partial charge in [-0.05, 0) is 24.6 Å². The van der Waals surface area contributed by atoms with Gasteiger partial charge in [0.2, 0.25) is 0 Å². The van der Waals surface area contributed by atoms with E-state index in [4.69, 9.17) is 0 Å². The van der Waals surface area contributed by atoms with Gasteiger partial charge in [0.05, 0.1) is 16.8 Å². The second kappa shape index (κ2) is 6.01. The molecule has 0 unspecified atom stereocenters. The minimum absolute atomic E-state index is 0.244. The van der Waals surface area contributed by atoms with E-state index in [0.717, 1.165) is 17.5 Å². The normalized spacial score (nSPS) is 11.1. The summed E-state index contributed by atoms with van der Waals surface area (Å²) in [4.78, 5) is 20.1. The second-order valence-electron chi connectivity index (χ2n) is 4.64. The topological polar surface area (TPSA) is 89.0 Å². The zero-order chi connectivity index (χ0) is 15.5. The fourth-order valence-electron chi connectivity index (χ4n) is 1.64. The molecule has 2 rings (SSSR count). The van der Waals surface area contributed by atoms with Crippen molar-refractivity contribution in [1.29, 1.82) is 0 Å². The number of nitrogens with one attached hydrogen (secondary N) is 1. The standard InChI is InChI=1S/C14H15N3O3S/c1-10-7-16-13(9-15-10)14(18)17-8-11-3-5-12(6-4-11)21(2,19)20/h3-7,9H,8H2,1-2H3,(H,17,18). The first-order valence-corrected chi connectivity index (χ1v) is 8.11. The second-order valence-corrected chi connectivity index (χ2v) is 6.66. The molecule has 1 heterocycles. The molecule has 1 aromatic carbocycles. The van der Waals surface area contributed by atoms with Gasteiger partial charge in [-0.2, -0.15) is 0 Å². The number of hydrogen-bond donors (Lipinski definition) is 1. The van der Waals surface area contributed by atoms with Crippen LogP contribution < -0.4 is 5.32 Å². The van der Waals surface area contributed by atoms with Gasteiger partial charge in [-0.25, -0.2) is 13.4 Å². The van der Waals surface area contributed by atoms with Crippen molar-refractivity contribution in [2.45, 2.75) is 18.4 Å². The van der Waals surface area contributed by atoms with Crippen LogP contribution in [-0.4, -0.2) is 30.5 Å². The molecule has 0 bridgehead atoms. The van der Waals surface area contributed by atoms with E-state index >= 15 is 0 Å². The smallest absolute Gasteiger partial charge is 0.271 e. The molecule has 0 fully saturated rings. The summed E-state index contributed by atoms with van der Waals surface area (Å²) in [6.45, 7) is 2.08. The molecule has 0 spiro atoms. The molecular formula is C14H15N3O3S.